The van der Waals surface area contributed by atoms with Crippen molar-refractivity contribution in [3.63, 3.8) is 0 Å². The number of aliphatic hydroxyl groups excluding tert-OH is 1. The molecule has 3 rings (SSSR count). The molecule has 1 fully saturated rings. The maximum Gasteiger partial charge on any atom is 0.310 e. The molecule has 0 amide bonds. The van der Waals surface area contributed by atoms with Crippen LogP contribution in [0.2, 0.25) is 0 Å². The summed E-state index contributed by atoms with van der Waals surface area (Å²) < 4.78 is 24.4. The third-order valence-electron chi connectivity index (χ3n) is 4.88. The second-order valence-electron chi connectivity index (χ2n) is 6.61. The van der Waals surface area contributed by atoms with Crippen LogP contribution in [0, 0.1) is 24.3 Å². The number of nitrogens with zero attached hydrogens (tertiary/aromatic N) is 3. The van der Waals surface area contributed by atoms with Crippen LogP contribution in [0.15, 0.2) is 4.99 Å². The number of rotatable bonds is 4. The van der Waals surface area contributed by atoms with Gasteiger partial charge in [0.15, 0.2) is 11.4 Å². The fraction of sp³-hybridized carbons (Fsp3) is 0.556. The minimum absolute atomic E-state index is 0.0220. The summed E-state index contributed by atoms with van der Waals surface area (Å²) >= 11 is 0. The lowest BCUT2D eigenvalue weighted by molar-refractivity contribution is -0.154. The van der Waals surface area contributed by atoms with E-state index < -0.39 is 29.9 Å². The van der Waals surface area contributed by atoms with Crippen molar-refractivity contribution < 1.29 is 23.8 Å². The van der Waals surface area contributed by atoms with Crippen LogP contribution in [0.4, 0.5) is 15.9 Å². The lowest BCUT2D eigenvalue weighted by Crippen LogP contribution is -2.43. The molecule has 3 heterocycles. The summed E-state index contributed by atoms with van der Waals surface area (Å²) in [5, 5.41) is 10.5. The fourth-order valence-corrected chi connectivity index (χ4v) is 3.30. The quantitative estimate of drug-likeness (QED) is 0.456. The van der Waals surface area contributed by atoms with Crippen molar-refractivity contribution in [3.8, 4) is 12.3 Å². The Morgan fingerprint density at radius 3 is 3.07 bits per heavy atom. The molecule has 0 aliphatic carbocycles. The maximum absolute atomic E-state index is 13.4. The van der Waals surface area contributed by atoms with Crippen LogP contribution in [0.1, 0.15) is 31.9 Å². The molecule has 0 radical (unpaired) electrons. The summed E-state index contributed by atoms with van der Waals surface area (Å²) in [5.41, 5.74) is 5.10. The molecule has 0 spiro atoms. The molecule has 9 heteroatoms. The van der Waals surface area contributed by atoms with Crippen molar-refractivity contribution in [1.82, 2.24) is 9.97 Å². The number of ether oxygens (including phenoxy) is 2. The van der Waals surface area contributed by atoms with Crippen LogP contribution in [0.3, 0.4) is 0 Å². The number of anilines is 1. The predicted octanol–water partition coefficient (Wildman–Crippen LogP) is 0.938. The highest BCUT2D eigenvalue weighted by Gasteiger charge is 2.50. The number of carbonyl (C=O) groups excluding carboxylic acids is 1. The molecule has 0 bridgehead atoms. The average molecular weight is 376 g/mol. The Hall–Kier alpha value is -2.57. The highest BCUT2D eigenvalue weighted by Crippen LogP contribution is 2.37. The number of aromatic nitrogens is 2. The Balaban J connectivity index is 1.75. The zero-order valence-electron chi connectivity index (χ0n) is 14.9. The van der Waals surface area contributed by atoms with Gasteiger partial charge >= 0.3 is 12.0 Å². The highest BCUT2D eigenvalue weighted by molar-refractivity contribution is 5.73. The smallest absolute Gasteiger partial charge is 0.310 e. The minimum Gasteiger partial charge on any atom is -0.461 e. The third-order valence-corrected chi connectivity index (χ3v) is 4.88. The number of carbonyl (C=O) groups is 1. The van der Waals surface area contributed by atoms with Gasteiger partial charge in [0.2, 0.25) is 0 Å². The molecule has 2 aliphatic heterocycles. The van der Waals surface area contributed by atoms with E-state index in [1.54, 1.807) is 13.1 Å². The maximum atomic E-state index is 13.4. The second-order valence-corrected chi connectivity index (χ2v) is 6.61. The molecular formula is C18H21FN4O4. The fourth-order valence-electron chi connectivity index (χ4n) is 3.30. The Bertz CT molecular complexity index is 809. The standard InChI is InChI=1S/C18H21FN4O4/c1-3-14(25)26-9-18(4-2)13(24)7-12(27-18)10-5-6-11-15(21-8-10)16(20)23-17(19)22-11/h2,8,10,12-13,24H,3,5-7,9H2,1H3,(H2,20,22,23)/t10?,12-,13+,18-/m1/s1. The van der Waals surface area contributed by atoms with Crippen LogP contribution in [0.25, 0.3) is 0 Å². The predicted molar refractivity (Wildman–Crippen MR) is 94.7 cm³/mol. The van der Waals surface area contributed by atoms with Crippen LogP contribution in [0.5, 0.6) is 0 Å². The average Bonchev–Trinajstić information content (AvgIpc) is 2.82. The number of aliphatic hydroxyl groups is 1. The van der Waals surface area contributed by atoms with Crippen molar-refractivity contribution >= 4 is 23.7 Å². The number of nitrogen functional groups attached to an aromatic ring is 1. The topological polar surface area (TPSA) is 120 Å². The molecule has 1 unspecified atom stereocenters. The summed E-state index contributed by atoms with van der Waals surface area (Å²) in [6.45, 7) is 1.44. The van der Waals surface area contributed by atoms with Crippen LogP contribution in [-0.4, -0.2) is 51.7 Å². The zero-order chi connectivity index (χ0) is 19.6. The zero-order valence-corrected chi connectivity index (χ0v) is 14.9. The van der Waals surface area contributed by atoms with E-state index in [0.29, 0.717) is 24.2 Å². The Morgan fingerprint density at radius 2 is 2.37 bits per heavy atom. The summed E-state index contributed by atoms with van der Waals surface area (Å²) in [6, 6.07) is 0. The summed E-state index contributed by atoms with van der Waals surface area (Å²) in [6.07, 6.45) is 6.35. The van der Waals surface area contributed by atoms with Gasteiger partial charge in [0, 0.05) is 25.0 Å². The lowest BCUT2D eigenvalue weighted by atomic mass is 9.92. The van der Waals surface area contributed by atoms with Crippen molar-refractivity contribution in [1.29, 1.82) is 0 Å². The first-order valence-electron chi connectivity index (χ1n) is 8.74. The molecule has 4 atom stereocenters. The minimum atomic E-state index is -1.40. The number of nitrogens with two attached hydrogens (primary N) is 1. The second kappa shape index (κ2) is 7.58. The molecule has 3 N–H and O–H groups in total. The summed E-state index contributed by atoms with van der Waals surface area (Å²) in [4.78, 5) is 23.0. The van der Waals surface area contributed by atoms with Gasteiger partial charge in [-0.1, -0.05) is 12.8 Å². The van der Waals surface area contributed by atoms with Crippen molar-refractivity contribution in [2.75, 3.05) is 12.3 Å². The molecule has 1 aromatic heterocycles. The molecule has 0 aromatic carbocycles. The van der Waals surface area contributed by atoms with E-state index in [9.17, 15) is 14.3 Å². The first-order valence-corrected chi connectivity index (χ1v) is 8.74. The van der Waals surface area contributed by atoms with E-state index in [1.807, 2.05) is 0 Å². The first kappa shape index (κ1) is 19.2. The molecule has 1 aromatic rings. The van der Waals surface area contributed by atoms with E-state index in [-0.39, 0.29) is 31.2 Å². The van der Waals surface area contributed by atoms with E-state index >= 15 is 0 Å². The Labute approximate surface area is 156 Å². The molecule has 27 heavy (non-hydrogen) atoms. The van der Waals surface area contributed by atoms with Gasteiger partial charge < -0.3 is 20.3 Å². The number of terminal acetylenes is 1. The van der Waals surface area contributed by atoms with Crippen molar-refractivity contribution in [3.05, 3.63) is 11.8 Å². The summed E-state index contributed by atoms with van der Waals surface area (Å²) in [7, 11) is 0. The van der Waals surface area contributed by atoms with Crippen molar-refractivity contribution in [2.45, 2.75) is 50.4 Å². The molecule has 144 valence electrons. The lowest BCUT2D eigenvalue weighted by Gasteiger charge is -2.27. The first-order chi connectivity index (χ1) is 12.9. The van der Waals surface area contributed by atoms with Gasteiger partial charge in [-0.05, 0) is 12.8 Å². The van der Waals surface area contributed by atoms with Gasteiger partial charge in [-0.25, -0.2) is 4.98 Å². The van der Waals surface area contributed by atoms with Gasteiger partial charge in [-0.3, -0.25) is 9.79 Å². The number of fused-ring (bicyclic) bond motifs is 1. The number of hydrogen-bond donors (Lipinski definition) is 2. The van der Waals surface area contributed by atoms with E-state index in [0.717, 1.165) is 0 Å². The van der Waals surface area contributed by atoms with Gasteiger partial charge in [-0.2, -0.15) is 9.37 Å². The van der Waals surface area contributed by atoms with E-state index in [4.69, 9.17) is 21.6 Å². The molecular weight excluding hydrogens is 355 g/mol. The number of aliphatic imine (C=N–C) groups is 1. The number of hydrogen-bond acceptors (Lipinski definition) is 8. The molecule has 1 saturated heterocycles. The monoisotopic (exact) mass is 376 g/mol. The van der Waals surface area contributed by atoms with Crippen molar-refractivity contribution in [2.24, 2.45) is 10.9 Å². The van der Waals surface area contributed by atoms with E-state index in [1.165, 1.54) is 0 Å². The highest BCUT2D eigenvalue weighted by atomic mass is 19.1. The van der Waals surface area contributed by atoms with Gasteiger partial charge in [-0.15, -0.1) is 6.42 Å². The molecule has 2 aliphatic rings. The largest absolute Gasteiger partial charge is 0.461 e. The Morgan fingerprint density at radius 1 is 1.59 bits per heavy atom. The normalized spacial score (nSPS) is 29.6. The number of halogens is 1. The van der Waals surface area contributed by atoms with E-state index in [2.05, 4.69) is 20.9 Å². The van der Waals surface area contributed by atoms with Gasteiger partial charge in [0.25, 0.3) is 0 Å². The van der Waals surface area contributed by atoms with Crippen LogP contribution in [-0.2, 0) is 20.7 Å². The molecule has 8 nitrogen and oxygen atoms in total. The molecule has 0 saturated carbocycles. The summed E-state index contributed by atoms with van der Waals surface area (Å²) in [5.74, 6) is 1.79. The number of esters is 1. The third kappa shape index (κ3) is 3.77. The van der Waals surface area contributed by atoms with Gasteiger partial charge in [0.05, 0.1) is 11.8 Å². The SMILES string of the molecule is C#C[C@]1(COC(=O)CC)O[C@@H](C2C=Nc3c(N)nc(F)nc3CC2)C[C@@H]1O. The van der Waals surface area contributed by atoms with Crippen LogP contribution >= 0.6 is 0 Å². The van der Waals surface area contributed by atoms with Gasteiger partial charge in [0.1, 0.15) is 18.4 Å². The number of aryl methyl sites for hydroxylation is 1. The van der Waals surface area contributed by atoms with Crippen LogP contribution < -0.4 is 5.73 Å². The Kier molecular flexibility index (Phi) is 5.39.